The van der Waals surface area contributed by atoms with Gasteiger partial charge < -0.3 is 4.74 Å². The summed E-state index contributed by atoms with van der Waals surface area (Å²) in [6.45, 7) is 0. The Balaban J connectivity index is 1.61. The third-order valence-electron chi connectivity index (χ3n) is 5.57. The highest BCUT2D eigenvalue weighted by molar-refractivity contribution is 4.87. The van der Waals surface area contributed by atoms with Crippen molar-refractivity contribution in [1.82, 2.24) is 0 Å². The van der Waals surface area contributed by atoms with Crippen molar-refractivity contribution in [3.8, 4) is 0 Å². The van der Waals surface area contributed by atoms with Crippen LogP contribution in [0.25, 0.3) is 0 Å². The van der Waals surface area contributed by atoms with E-state index in [0.717, 1.165) is 25.2 Å². The normalized spacial score (nSPS) is 41.5. The molecule has 0 saturated heterocycles. The summed E-state index contributed by atoms with van der Waals surface area (Å²) in [6, 6.07) is 0. The van der Waals surface area contributed by atoms with E-state index < -0.39 is 0 Å². The highest BCUT2D eigenvalue weighted by atomic mass is 16.5. The zero-order valence-corrected chi connectivity index (χ0v) is 12.1. The molecule has 5 atom stereocenters. The Hall–Kier alpha value is -0.0800. The van der Waals surface area contributed by atoms with Crippen LogP contribution in [0, 0.1) is 18.3 Å². The number of fused-ring (bicyclic) bond motifs is 3. The lowest BCUT2D eigenvalue weighted by Gasteiger charge is -2.34. The van der Waals surface area contributed by atoms with Crippen LogP contribution in [-0.2, 0) is 9.84 Å². The van der Waals surface area contributed by atoms with Gasteiger partial charge in [-0.2, -0.15) is 0 Å². The van der Waals surface area contributed by atoms with Gasteiger partial charge >= 0.3 is 0 Å². The highest BCUT2D eigenvalue weighted by Crippen LogP contribution is 2.38. The molecule has 0 aliphatic heterocycles. The largest absolute Gasteiger partial charge is 0.374 e. The van der Waals surface area contributed by atoms with Crippen molar-refractivity contribution in [2.45, 2.75) is 88.9 Å². The zero-order valence-electron chi connectivity index (χ0n) is 12.1. The Morgan fingerprint density at radius 1 is 0.789 bits per heavy atom. The van der Waals surface area contributed by atoms with Crippen LogP contribution in [-0.4, -0.2) is 18.3 Å². The van der Waals surface area contributed by atoms with Gasteiger partial charge in [0.15, 0.2) is 0 Å². The SMILES string of the molecule is [O]C1CCC(OC2[CH]CCCC2)C2CCCC1CC2. The average Bonchev–Trinajstić information content (AvgIpc) is 2.66. The lowest BCUT2D eigenvalue weighted by atomic mass is 9.83. The first-order valence-corrected chi connectivity index (χ1v) is 8.47. The van der Waals surface area contributed by atoms with Crippen LogP contribution in [0.3, 0.4) is 0 Å². The molecule has 5 unspecified atom stereocenters. The summed E-state index contributed by atoms with van der Waals surface area (Å²) in [5.41, 5.74) is 0. The molecule has 3 rings (SSSR count). The van der Waals surface area contributed by atoms with Crippen LogP contribution >= 0.6 is 0 Å². The molecule has 2 bridgehead atoms. The third-order valence-corrected chi connectivity index (χ3v) is 5.57. The predicted molar refractivity (Wildman–Crippen MR) is 75.2 cm³/mol. The summed E-state index contributed by atoms with van der Waals surface area (Å²) in [6.07, 6.45) is 15.8. The van der Waals surface area contributed by atoms with Gasteiger partial charge in [-0.1, -0.05) is 19.3 Å². The summed E-state index contributed by atoms with van der Waals surface area (Å²) < 4.78 is 6.41. The molecule has 0 amide bonds. The van der Waals surface area contributed by atoms with Gasteiger partial charge in [-0.15, -0.1) is 0 Å². The minimum Gasteiger partial charge on any atom is -0.374 e. The summed E-state index contributed by atoms with van der Waals surface area (Å²) in [5.74, 6) is 1.19. The van der Waals surface area contributed by atoms with Crippen LogP contribution in [0.15, 0.2) is 0 Å². The molecule has 0 N–H and O–H groups in total. The van der Waals surface area contributed by atoms with Crippen LogP contribution in [0.4, 0.5) is 0 Å². The van der Waals surface area contributed by atoms with E-state index in [1.807, 2.05) is 0 Å². The minimum atomic E-state index is -0.319. The number of rotatable bonds is 2. The molecule has 19 heavy (non-hydrogen) atoms. The summed E-state index contributed by atoms with van der Waals surface area (Å²) in [5, 5.41) is 12.2. The molecule has 0 spiro atoms. The van der Waals surface area contributed by atoms with Crippen molar-refractivity contribution in [2.75, 3.05) is 0 Å². The molecule has 3 aliphatic rings. The van der Waals surface area contributed by atoms with Gasteiger partial charge in [-0.05, 0) is 69.6 Å². The van der Waals surface area contributed by atoms with Crippen LogP contribution < -0.4 is 0 Å². The third kappa shape index (κ3) is 3.52. The summed E-state index contributed by atoms with van der Waals surface area (Å²) >= 11 is 0. The van der Waals surface area contributed by atoms with E-state index in [1.165, 1.54) is 51.4 Å². The molecular formula is C17H28O2. The van der Waals surface area contributed by atoms with E-state index in [2.05, 4.69) is 6.42 Å². The molecule has 0 aromatic rings. The van der Waals surface area contributed by atoms with Crippen LogP contribution in [0.1, 0.15) is 70.6 Å². The lowest BCUT2D eigenvalue weighted by molar-refractivity contribution is -0.0658. The van der Waals surface area contributed by atoms with Crippen molar-refractivity contribution < 1.29 is 9.84 Å². The number of hydrogen-bond donors (Lipinski definition) is 0. The number of hydrogen-bond acceptors (Lipinski definition) is 1. The fraction of sp³-hybridized carbons (Fsp3) is 0.941. The van der Waals surface area contributed by atoms with Gasteiger partial charge in [-0.3, -0.25) is 0 Å². The van der Waals surface area contributed by atoms with Gasteiger partial charge in [0.25, 0.3) is 0 Å². The van der Waals surface area contributed by atoms with Crippen LogP contribution in [0.5, 0.6) is 0 Å². The maximum absolute atomic E-state index is 12.2. The quantitative estimate of drug-likeness (QED) is 0.730. The second-order valence-electron chi connectivity index (χ2n) is 6.88. The summed E-state index contributed by atoms with van der Waals surface area (Å²) in [7, 11) is 0. The molecule has 3 fully saturated rings. The molecule has 2 nitrogen and oxygen atoms in total. The Bertz CT molecular complexity index is 272. The standard InChI is InChI=1S/C17H28O2/c18-16-11-12-17(19-15-7-2-1-3-8-15)14-6-4-5-13(16)9-10-14/h7,13-17H,1-6,8-12H2. The minimum absolute atomic E-state index is 0.319. The highest BCUT2D eigenvalue weighted by Gasteiger charge is 2.34. The molecule has 108 valence electrons. The first-order valence-electron chi connectivity index (χ1n) is 8.47. The van der Waals surface area contributed by atoms with Gasteiger partial charge in [0, 0.05) is 0 Å². The first-order chi connectivity index (χ1) is 9.33. The van der Waals surface area contributed by atoms with E-state index in [1.54, 1.807) is 0 Å². The van der Waals surface area contributed by atoms with Crippen molar-refractivity contribution in [3.05, 3.63) is 6.42 Å². The Kier molecular flexibility index (Phi) is 4.81. The Morgan fingerprint density at radius 2 is 1.63 bits per heavy atom. The number of ether oxygens (including phenoxy) is 1. The molecule has 3 aliphatic carbocycles. The Labute approximate surface area is 117 Å². The van der Waals surface area contributed by atoms with E-state index >= 15 is 0 Å². The second-order valence-corrected chi connectivity index (χ2v) is 6.88. The lowest BCUT2D eigenvalue weighted by Crippen LogP contribution is -2.33. The molecule has 0 aromatic heterocycles. The maximum atomic E-state index is 12.2. The average molecular weight is 264 g/mol. The molecule has 2 radical (unpaired) electrons. The molecular weight excluding hydrogens is 236 g/mol. The van der Waals surface area contributed by atoms with E-state index in [0.29, 0.717) is 18.1 Å². The van der Waals surface area contributed by atoms with E-state index in [-0.39, 0.29) is 6.10 Å². The van der Waals surface area contributed by atoms with Crippen molar-refractivity contribution >= 4 is 0 Å². The maximum Gasteiger partial charge on any atom is 0.0959 e. The monoisotopic (exact) mass is 264 g/mol. The summed E-state index contributed by atoms with van der Waals surface area (Å²) in [4.78, 5) is 0. The Morgan fingerprint density at radius 3 is 2.47 bits per heavy atom. The fourth-order valence-electron chi connectivity index (χ4n) is 4.34. The van der Waals surface area contributed by atoms with Crippen molar-refractivity contribution in [3.63, 3.8) is 0 Å². The molecule has 2 heteroatoms. The van der Waals surface area contributed by atoms with Gasteiger partial charge in [0.2, 0.25) is 0 Å². The van der Waals surface area contributed by atoms with Gasteiger partial charge in [0.05, 0.1) is 18.3 Å². The molecule has 3 saturated carbocycles. The topological polar surface area (TPSA) is 29.1 Å². The van der Waals surface area contributed by atoms with Crippen LogP contribution in [0.2, 0.25) is 0 Å². The van der Waals surface area contributed by atoms with Crippen molar-refractivity contribution in [2.24, 2.45) is 11.8 Å². The second kappa shape index (κ2) is 6.58. The predicted octanol–water partition coefficient (Wildman–Crippen LogP) is 4.31. The molecule has 0 aromatic carbocycles. The van der Waals surface area contributed by atoms with Gasteiger partial charge in [0.1, 0.15) is 0 Å². The smallest absolute Gasteiger partial charge is 0.0959 e. The molecule has 0 heterocycles. The van der Waals surface area contributed by atoms with Gasteiger partial charge in [-0.25, -0.2) is 5.11 Å². The van der Waals surface area contributed by atoms with E-state index in [9.17, 15) is 5.11 Å². The fourth-order valence-corrected chi connectivity index (χ4v) is 4.34. The van der Waals surface area contributed by atoms with E-state index in [4.69, 9.17) is 4.74 Å². The van der Waals surface area contributed by atoms with Crippen molar-refractivity contribution in [1.29, 1.82) is 0 Å². The first kappa shape index (κ1) is 13.9. The zero-order chi connectivity index (χ0) is 13.1.